The van der Waals surface area contributed by atoms with Crippen molar-refractivity contribution >= 4 is 46.6 Å². The fourth-order valence-corrected chi connectivity index (χ4v) is 4.39. The van der Waals surface area contributed by atoms with Crippen molar-refractivity contribution in [1.82, 2.24) is 14.8 Å². The van der Waals surface area contributed by atoms with Gasteiger partial charge < -0.3 is 14.6 Å². The highest BCUT2D eigenvalue weighted by molar-refractivity contribution is 7.99. The fourth-order valence-electron chi connectivity index (χ4n) is 3.30. The molecule has 1 heterocycles. The molecule has 6 nitrogen and oxygen atoms in total. The standard InChI is InChI=1S/C23H26Cl2N4O2S/c1-6-29-22(16(5)31-17-10-13(2)21(25)14(3)11-17)27-28-23(29)32-12-20(30)26-19-9-7-8-18(24)15(19)4/h7-11,16H,6,12H2,1-5H3,(H,26,30). The van der Waals surface area contributed by atoms with E-state index in [1.54, 1.807) is 6.07 Å². The lowest BCUT2D eigenvalue weighted by atomic mass is 10.1. The first-order valence-electron chi connectivity index (χ1n) is 10.3. The van der Waals surface area contributed by atoms with Crippen LogP contribution in [0.4, 0.5) is 5.69 Å². The molecule has 9 heteroatoms. The Morgan fingerprint density at radius 2 is 1.88 bits per heavy atom. The molecular weight excluding hydrogens is 467 g/mol. The van der Waals surface area contributed by atoms with Crippen LogP contribution in [0.2, 0.25) is 10.0 Å². The average molecular weight is 493 g/mol. The van der Waals surface area contributed by atoms with Crippen LogP contribution in [0.5, 0.6) is 5.75 Å². The third kappa shape index (κ3) is 5.57. The number of halogens is 2. The molecule has 1 amide bonds. The van der Waals surface area contributed by atoms with Crippen LogP contribution in [0, 0.1) is 20.8 Å². The zero-order chi connectivity index (χ0) is 23.4. The van der Waals surface area contributed by atoms with Gasteiger partial charge in [-0.3, -0.25) is 4.79 Å². The fraction of sp³-hybridized carbons (Fsp3) is 0.348. The largest absolute Gasteiger partial charge is 0.483 e. The van der Waals surface area contributed by atoms with Crippen LogP contribution in [0.1, 0.15) is 42.5 Å². The number of nitrogens with zero attached hydrogens (tertiary/aromatic N) is 3. The van der Waals surface area contributed by atoms with E-state index in [-0.39, 0.29) is 17.8 Å². The van der Waals surface area contributed by atoms with Gasteiger partial charge in [0.15, 0.2) is 17.1 Å². The third-order valence-electron chi connectivity index (χ3n) is 5.02. The zero-order valence-corrected chi connectivity index (χ0v) is 21.0. The van der Waals surface area contributed by atoms with E-state index in [0.29, 0.717) is 28.2 Å². The van der Waals surface area contributed by atoms with Gasteiger partial charge in [0.1, 0.15) is 5.75 Å². The van der Waals surface area contributed by atoms with E-state index in [2.05, 4.69) is 15.5 Å². The number of nitrogens with one attached hydrogen (secondary N) is 1. The van der Waals surface area contributed by atoms with Crippen LogP contribution in [0.15, 0.2) is 35.5 Å². The molecule has 3 aromatic rings. The predicted molar refractivity (Wildman–Crippen MR) is 131 cm³/mol. The predicted octanol–water partition coefficient (Wildman–Crippen LogP) is 6.40. The summed E-state index contributed by atoms with van der Waals surface area (Å²) in [6.07, 6.45) is -0.320. The number of carbonyl (C=O) groups excluding carboxylic acids is 1. The Balaban J connectivity index is 1.67. The van der Waals surface area contributed by atoms with Gasteiger partial charge in [0, 0.05) is 22.3 Å². The van der Waals surface area contributed by atoms with E-state index >= 15 is 0 Å². The highest BCUT2D eigenvalue weighted by Crippen LogP contribution is 2.30. The number of benzene rings is 2. The summed E-state index contributed by atoms with van der Waals surface area (Å²) >= 11 is 13.7. The molecule has 0 saturated carbocycles. The normalized spacial score (nSPS) is 12.0. The molecule has 0 aliphatic rings. The van der Waals surface area contributed by atoms with Crippen LogP contribution >= 0.6 is 35.0 Å². The van der Waals surface area contributed by atoms with Crippen molar-refractivity contribution in [3.05, 3.63) is 62.9 Å². The third-order valence-corrected chi connectivity index (χ3v) is 6.99. The second kappa shape index (κ2) is 10.6. The number of hydrogen-bond acceptors (Lipinski definition) is 5. The first-order valence-corrected chi connectivity index (χ1v) is 12.0. The smallest absolute Gasteiger partial charge is 0.234 e. The summed E-state index contributed by atoms with van der Waals surface area (Å²) < 4.78 is 8.08. The molecule has 3 rings (SSSR count). The Kier molecular flexibility index (Phi) is 8.09. The first kappa shape index (κ1) is 24.4. The van der Waals surface area contributed by atoms with E-state index in [1.807, 2.05) is 63.5 Å². The zero-order valence-electron chi connectivity index (χ0n) is 18.7. The number of carbonyl (C=O) groups is 1. The molecule has 1 atom stereocenters. The Labute approximate surface area is 202 Å². The molecule has 32 heavy (non-hydrogen) atoms. The minimum absolute atomic E-state index is 0.135. The Bertz CT molecular complexity index is 1110. The minimum atomic E-state index is -0.320. The van der Waals surface area contributed by atoms with Gasteiger partial charge in [-0.15, -0.1) is 10.2 Å². The molecule has 0 saturated heterocycles. The molecular formula is C23H26Cl2N4O2S. The SMILES string of the molecule is CCn1c(SCC(=O)Nc2cccc(Cl)c2C)nnc1C(C)Oc1cc(C)c(Cl)c(C)c1. The second-order valence-corrected chi connectivity index (χ2v) is 9.19. The van der Waals surface area contributed by atoms with E-state index in [4.69, 9.17) is 27.9 Å². The lowest BCUT2D eigenvalue weighted by molar-refractivity contribution is -0.113. The molecule has 1 N–H and O–H groups in total. The Hall–Kier alpha value is -2.22. The maximum atomic E-state index is 12.5. The van der Waals surface area contributed by atoms with Gasteiger partial charge in [0.25, 0.3) is 0 Å². The number of anilines is 1. The van der Waals surface area contributed by atoms with Gasteiger partial charge in [0.05, 0.1) is 5.75 Å². The summed E-state index contributed by atoms with van der Waals surface area (Å²) in [7, 11) is 0. The summed E-state index contributed by atoms with van der Waals surface area (Å²) in [5, 5.41) is 13.5. The van der Waals surface area contributed by atoms with Crippen molar-refractivity contribution in [3.8, 4) is 5.75 Å². The highest BCUT2D eigenvalue weighted by atomic mass is 35.5. The lowest BCUT2D eigenvalue weighted by Gasteiger charge is -2.17. The molecule has 0 bridgehead atoms. The maximum absolute atomic E-state index is 12.5. The molecule has 0 aliphatic carbocycles. The average Bonchev–Trinajstić information content (AvgIpc) is 3.17. The summed E-state index contributed by atoms with van der Waals surface area (Å²) in [6, 6.07) is 9.26. The number of hydrogen-bond donors (Lipinski definition) is 1. The van der Waals surface area contributed by atoms with Crippen LogP contribution in [-0.2, 0) is 11.3 Å². The molecule has 0 fully saturated rings. The van der Waals surface area contributed by atoms with Crippen molar-refractivity contribution in [2.45, 2.75) is 52.4 Å². The van der Waals surface area contributed by atoms with Crippen molar-refractivity contribution in [1.29, 1.82) is 0 Å². The van der Waals surface area contributed by atoms with E-state index in [1.165, 1.54) is 11.8 Å². The molecule has 1 unspecified atom stereocenters. The summed E-state index contributed by atoms with van der Waals surface area (Å²) in [4.78, 5) is 12.5. The van der Waals surface area contributed by atoms with Gasteiger partial charge >= 0.3 is 0 Å². The summed E-state index contributed by atoms with van der Waals surface area (Å²) in [5.41, 5.74) is 3.47. The van der Waals surface area contributed by atoms with Crippen molar-refractivity contribution < 1.29 is 9.53 Å². The minimum Gasteiger partial charge on any atom is -0.483 e. The molecule has 170 valence electrons. The Morgan fingerprint density at radius 3 is 2.53 bits per heavy atom. The van der Waals surface area contributed by atoms with E-state index in [0.717, 1.165) is 27.5 Å². The van der Waals surface area contributed by atoms with Gasteiger partial charge in [0.2, 0.25) is 5.91 Å². The molecule has 2 aromatic carbocycles. The van der Waals surface area contributed by atoms with Crippen LogP contribution in [-0.4, -0.2) is 26.4 Å². The number of amides is 1. The van der Waals surface area contributed by atoms with E-state index < -0.39 is 0 Å². The maximum Gasteiger partial charge on any atom is 0.234 e. The summed E-state index contributed by atoms with van der Waals surface area (Å²) in [6.45, 7) is 10.4. The highest BCUT2D eigenvalue weighted by Gasteiger charge is 2.20. The first-order chi connectivity index (χ1) is 15.2. The van der Waals surface area contributed by atoms with Gasteiger partial charge in [-0.05, 0) is 75.6 Å². The van der Waals surface area contributed by atoms with Crippen molar-refractivity contribution in [3.63, 3.8) is 0 Å². The van der Waals surface area contributed by atoms with Gasteiger partial charge in [-0.2, -0.15) is 0 Å². The second-order valence-electron chi connectivity index (χ2n) is 7.47. The Morgan fingerprint density at radius 1 is 1.19 bits per heavy atom. The molecule has 1 aromatic heterocycles. The van der Waals surface area contributed by atoms with Gasteiger partial charge in [-0.1, -0.05) is 41.0 Å². The topological polar surface area (TPSA) is 69.0 Å². The molecule has 0 aliphatic heterocycles. The number of aromatic nitrogens is 3. The number of thioether (sulfide) groups is 1. The van der Waals surface area contributed by atoms with Crippen LogP contribution in [0.25, 0.3) is 0 Å². The van der Waals surface area contributed by atoms with Crippen LogP contribution in [0.3, 0.4) is 0 Å². The van der Waals surface area contributed by atoms with Crippen LogP contribution < -0.4 is 10.1 Å². The number of ether oxygens (including phenoxy) is 1. The summed E-state index contributed by atoms with van der Waals surface area (Å²) in [5.74, 6) is 1.50. The van der Waals surface area contributed by atoms with Crippen molar-refractivity contribution in [2.24, 2.45) is 0 Å². The van der Waals surface area contributed by atoms with Gasteiger partial charge in [-0.25, -0.2) is 0 Å². The molecule has 0 radical (unpaired) electrons. The van der Waals surface area contributed by atoms with Crippen molar-refractivity contribution in [2.75, 3.05) is 11.1 Å². The lowest BCUT2D eigenvalue weighted by Crippen LogP contribution is -2.16. The monoisotopic (exact) mass is 492 g/mol. The number of aryl methyl sites for hydroxylation is 2. The van der Waals surface area contributed by atoms with E-state index in [9.17, 15) is 4.79 Å². The molecule has 0 spiro atoms. The quantitative estimate of drug-likeness (QED) is 0.368. The number of rotatable bonds is 8.